The highest BCUT2D eigenvalue weighted by molar-refractivity contribution is 6.31. The van der Waals surface area contributed by atoms with E-state index in [1.165, 1.54) is 12.8 Å². The van der Waals surface area contributed by atoms with E-state index in [4.69, 9.17) is 16.3 Å². The van der Waals surface area contributed by atoms with Crippen LogP contribution in [0.3, 0.4) is 0 Å². The van der Waals surface area contributed by atoms with Crippen LogP contribution >= 0.6 is 11.6 Å². The van der Waals surface area contributed by atoms with Crippen LogP contribution in [0.25, 0.3) is 0 Å². The number of benzene rings is 1. The molecule has 0 aromatic heterocycles. The molecular weight excluding hydrogens is 350 g/mol. The van der Waals surface area contributed by atoms with E-state index in [2.05, 4.69) is 15.1 Å². The third kappa shape index (κ3) is 3.63. The fourth-order valence-corrected chi connectivity index (χ4v) is 4.80. The van der Waals surface area contributed by atoms with E-state index in [0.717, 1.165) is 48.9 Å². The van der Waals surface area contributed by atoms with Crippen molar-refractivity contribution in [2.24, 2.45) is 0 Å². The SMILES string of the molecule is Cc1cc(CC(=O)N2CCNC3COCC(N4CCCC4)[C@H]32)ccc1Cl. The first-order valence-electron chi connectivity index (χ1n) is 9.73. The number of hydrogen-bond acceptors (Lipinski definition) is 4. The Morgan fingerprint density at radius 1 is 1.27 bits per heavy atom. The zero-order chi connectivity index (χ0) is 18.1. The summed E-state index contributed by atoms with van der Waals surface area (Å²) < 4.78 is 5.88. The Labute approximate surface area is 160 Å². The van der Waals surface area contributed by atoms with Gasteiger partial charge in [0.15, 0.2) is 0 Å². The molecule has 0 spiro atoms. The first kappa shape index (κ1) is 18.2. The predicted molar refractivity (Wildman–Crippen MR) is 103 cm³/mol. The van der Waals surface area contributed by atoms with Gasteiger partial charge in [-0.15, -0.1) is 0 Å². The second-order valence-electron chi connectivity index (χ2n) is 7.75. The number of amides is 1. The Kier molecular flexibility index (Phi) is 5.50. The first-order valence-corrected chi connectivity index (χ1v) is 10.1. The highest BCUT2D eigenvalue weighted by Gasteiger charge is 2.44. The van der Waals surface area contributed by atoms with E-state index in [-0.39, 0.29) is 18.0 Å². The maximum Gasteiger partial charge on any atom is 0.227 e. The molecule has 1 amide bonds. The molecule has 1 aromatic rings. The van der Waals surface area contributed by atoms with Crippen LogP contribution in [0, 0.1) is 6.92 Å². The zero-order valence-corrected chi connectivity index (χ0v) is 16.2. The summed E-state index contributed by atoms with van der Waals surface area (Å²) >= 11 is 6.13. The van der Waals surface area contributed by atoms with Crippen molar-refractivity contribution in [1.29, 1.82) is 0 Å². The number of piperazine rings is 1. The van der Waals surface area contributed by atoms with Gasteiger partial charge in [0.25, 0.3) is 0 Å². The summed E-state index contributed by atoms with van der Waals surface area (Å²) in [6.45, 7) is 7.26. The van der Waals surface area contributed by atoms with E-state index in [0.29, 0.717) is 19.1 Å². The van der Waals surface area contributed by atoms with Crippen LogP contribution in [0.2, 0.25) is 5.02 Å². The van der Waals surface area contributed by atoms with Gasteiger partial charge in [-0.1, -0.05) is 23.7 Å². The second kappa shape index (κ2) is 7.85. The minimum absolute atomic E-state index is 0.205. The molecule has 142 valence electrons. The summed E-state index contributed by atoms with van der Waals surface area (Å²) in [6.07, 6.45) is 2.94. The molecule has 4 rings (SSSR count). The molecule has 1 N–H and O–H groups in total. The molecule has 5 nitrogen and oxygen atoms in total. The number of aryl methyl sites for hydroxylation is 1. The number of rotatable bonds is 3. The number of halogens is 1. The van der Waals surface area contributed by atoms with Gasteiger partial charge in [-0.2, -0.15) is 0 Å². The topological polar surface area (TPSA) is 44.8 Å². The predicted octanol–water partition coefficient (Wildman–Crippen LogP) is 1.85. The number of likely N-dealkylation sites (tertiary alicyclic amines) is 1. The molecule has 3 atom stereocenters. The lowest BCUT2D eigenvalue weighted by Crippen LogP contribution is -2.70. The van der Waals surface area contributed by atoms with E-state index < -0.39 is 0 Å². The fraction of sp³-hybridized carbons (Fsp3) is 0.650. The second-order valence-corrected chi connectivity index (χ2v) is 8.15. The van der Waals surface area contributed by atoms with Gasteiger partial charge in [-0.05, 0) is 50.0 Å². The molecule has 0 radical (unpaired) electrons. The van der Waals surface area contributed by atoms with Crippen molar-refractivity contribution in [2.45, 2.75) is 44.3 Å². The Balaban J connectivity index is 1.52. The van der Waals surface area contributed by atoms with Gasteiger partial charge in [0.05, 0.1) is 37.8 Å². The maximum atomic E-state index is 13.2. The molecule has 0 saturated carbocycles. The lowest BCUT2D eigenvalue weighted by atomic mass is 9.92. The van der Waals surface area contributed by atoms with Crippen molar-refractivity contribution in [3.8, 4) is 0 Å². The van der Waals surface area contributed by atoms with Crippen molar-refractivity contribution >= 4 is 17.5 Å². The number of ether oxygens (including phenoxy) is 1. The summed E-state index contributed by atoms with van der Waals surface area (Å²) in [6, 6.07) is 6.63. The minimum Gasteiger partial charge on any atom is -0.378 e. The van der Waals surface area contributed by atoms with Crippen LogP contribution in [0.5, 0.6) is 0 Å². The molecule has 3 aliphatic heterocycles. The van der Waals surface area contributed by atoms with Gasteiger partial charge in [0.2, 0.25) is 5.91 Å². The molecule has 3 saturated heterocycles. The van der Waals surface area contributed by atoms with Crippen molar-refractivity contribution < 1.29 is 9.53 Å². The zero-order valence-electron chi connectivity index (χ0n) is 15.4. The van der Waals surface area contributed by atoms with Crippen LogP contribution in [0.1, 0.15) is 24.0 Å². The number of fused-ring (bicyclic) bond motifs is 1. The fourth-order valence-electron chi connectivity index (χ4n) is 4.68. The molecule has 0 aliphatic carbocycles. The van der Waals surface area contributed by atoms with Crippen molar-refractivity contribution in [3.05, 3.63) is 34.3 Å². The quantitative estimate of drug-likeness (QED) is 0.873. The molecule has 0 bridgehead atoms. The van der Waals surface area contributed by atoms with E-state index in [9.17, 15) is 4.79 Å². The van der Waals surface area contributed by atoms with Crippen molar-refractivity contribution in [2.75, 3.05) is 39.4 Å². The Bertz CT molecular complexity index is 660. The molecule has 3 heterocycles. The average Bonchev–Trinajstić information content (AvgIpc) is 3.18. The Hall–Kier alpha value is -1.14. The summed E-state index contributed by atoms with van der Waals surface area (Å²) in [5.41, 5.74) is 2.06. The Morgan fingerprint density at radius 2 is 2.08 bits per heavy atom. The van der Waals surface area contributed by atoms with E-state index in [1.54, 1.807) is 0 Å². The van der Waals surface area contributed by atoms with Crippen LogP contribution in [-0.4, -0.2) is 73.2 Å². The van der Waals surface area contributed by atoms with Crippen molar-refractivity contribution in [3.63, 3.8) is 0 Å². The monoisotopic (exact) mass is 377 g/mol. The Morgan fingerprint density at radius 3 is 2.85 bits per heavy atom. The molecule has 26 heavy (non-hydrogen) atoms. The summed E-state index contributed by atoms with van der Waals surface area (Å²) in [5, 5.41) is 4.33. The van der Waals surface area contributed by atoms with Gasteiger partial charge in [0.1, 0.15) is 0 Å². The van der Waals surface area contributed by atoms with Gasteiger partial charge in [-0.25, -0.2) is 0 Å². The van der Waals surface area contributed by atoms with Crippen molar-refractivity contribution in [1.82, 2.24) is 15.1 Å². The molecule has 3 aliphatic rings. The third-order valence-electron chi connectivity index (χ3n) is 6.02. The van der Waals surface area contributed by atoms with Gasteiger partial charge in [0, 0.05) is 18.1 Å². The van der Waals surface area contributed by atoms with Crippen LogP contribution in [-0.2, 0) is 16.0 Å². The smallest absolute Gasteiger partial charge is 0.227 e. The average molecular weight is 378 g/mol. The van der Waals surface area contributed by atoms with Gasteiger partial charge in [-0.3, -0.25) is 9.69 Å². The molecule has 3 fully saturated rings. The third-order valence-corrected chi connectivity index (χ3v) is 6.44. The molecule has 6 heteroatoms. The normalized spacial score (nSPS) is 29.6. The van der Waals surface area contributed by atoms with E-state index >= 15 is 0 Å². The standard InChI is InChI=1S/C20H28ClN3O2/c1-14-10-15(4-5-16(14)21)11-19(25)24-9-6-22-17-12-26-13-18(20(17)24)23-7-2-3-8-23/h4-5,10,17-18,20,22H,2-3,6-9,11-13H2,1H3/t17?,18?,20-/m0/s1. The summed E-state index contributed by atoms with van der Waals surface area (Å²) in [4.78, 5) is 17.8. The van der Waals surface area contributed by atoms with E-state index in [1.807, 2.05) is 25.1 Å². The number of nitrogens with one attached hydrogen (secondary N) is 1. The number of nitrogens with zero attached hydrogens (tertiary/aromatic N) is 2. The summed E-state index contributed by atoms with van der Waals surface area (Å²) in [5.74, 6) is 0.217. The molecule has 1 aromatic carbocycles. The number of carbonyl (C=O) groups excluding carboxylic acids is 1. The van der Waals surface area contributed by atoms with Crippen LogP contribution in [0.15, 0.2) is 18.2 Å². The van der Waals surface area contributed by atoms with Gasteiger partial charge < -0.3 is 15.0 Å². The van der Waals surface area contributed by atoms with Crippen LogP contribution in [0.4, 0.5) is 0 Å². The first-order chi connectivity index (χ1) is 12.6. The maximum absolute atomic E-state index is 13.2. The van der Waals surface area contributed by atoms with Crippen LogP contribution < -0.4 is 5.32 Å². The van der Waals surface area contributed by atoms with Gasteiger partial charge >= 0.3 is 0 Å². The lowest BCUT2D eigenvalue weighted by molar-refractivity contribution is -0.142. The highest BCUT2D eigenvalue weighted by Crippen LogP contribution is 2.26. The lowest BCUT2D eigenvalue weighted by Gasteiger charge is -2.50. The molecule has 2 unspecified atom stereocenters. The number of hydrogen-bond donors (Lipinski definition) is 1. The number of carbonyl (C=O) groups is 1. The largest absolute Gasteiger partial charge is 0.378 e. The summed E-state index contributed by atoms with van der Waals surface area (Å²) in [7, 11) is 0. The molecular formula is C20H28ClN3O2. The minimum atomic E-state index is 0.205. The highest BCUT2D eigenvalue weighted by atomic mass is 35.5.